The van der Waals surface area contributed by atoms with Crippen molar-refractivity contribution in [2.45, 2.75) is 11.8 Å². The van der Waals surface area contributed by atoms with Gasteiger partial charge in [0.1, 0.15) is 0 Å². The highest BCUT2D eigenvalue weighted by atomic mass is 28.3. The van der Waals surface area contributed by atoms with Gasteiger partial charge in [-0.1, -0.05) is 224 Å². The third-order valence-corrected chi connectivity index (χ3v) is 20.9. The summed E-state index contributed by atoms with van der Waals surface area (Å²) >= 11 is 0. The molecule has 3 aliphatic rings. The predicted octanol–water partition coefficient (Wildman–Crippen LogP) is 13.9. The summed E-state index contributed by atoms with van der Waals surface area (Å²) in [5.41, 5.74) is 18.3. The number of hydrogen-bond acceptors (Lipinski definition) is 0. The van der Waals surface area contributed by atoms with Crippen LogP contribution in [0.15, 0.2) is 267 Å². The summed E-state index contributed by atoms with van der Waals surface area (Å²) in [6.07, 6.45) is 0. The summed E-state index contributed by atoms with van der Waals surface area (Å²) in [5.74, 6) is 0.0689. The number of benzene rings is 11. The number of aromatic nitrogens is 2. The van der Waals surface area contributed by atoms with Crippen molar-refractivity contribution in [3.8, 4) is 22.5 Å². The van der Waals surface area contributed by atoms with Crippen molar-refractivity contribution in [2.24, 2.45) is 0 Å². The normalized spacial score (nSPS) is 14.8. The molecule has 16 rings (SSSR count). The van der Waals surface area contributed by atoms with E-state index in [0.29, 0.717) is 0 Å². The molecule has 3 aliphatic carbocycles. The van der Waals surface area contributed by atoms with Crippen LogP contribution in [0.4, 0.5) is 0 Å². The molecular weight excluding hydrogens is 873 g/mol. The summed E-state index contributed by atoms with van der Waals surface area (Å²) in [4.78, 5) is 0. The zero-order valence-electron chi connectivity index (χ0n) is 39.0. The predicted molar refractivity (Wildman–Crippen MR) is 299 cm³/mol. The molecular formula is C68H46N2Si. The van der Waals surface area contributed by atoms with E-state index in [1.807, 2.05) is 0 Å². The lowest BCUT2D eigenvalue weighted by molar-refractivity contribution is 0.752. The summed E-state index contributed by atoms with van der Waals surface area (Å²) in [6.45, 7) is 0. The van der Waals surface area contributed by atoms with Gasteiger partial charge in [-0.25, -0.2) is 0 Å². The highest BCUT2D eigenvalue weighted by Crippen LogP contribution is 2.57. The zero-order valence-corrected chi connectivity index (χ0v) is 40.0. The van der Waals surface area contributed by atoms with Crippen molar-refractivity contribution in [2.75, 3.05) is 0 Å². The van der Waals surface area contributed by atoms with Gasteiger partial charge in [-0.15, -0.1) is 0 Å². The summed E-state index contributed by atoms with van der Waals surface area (Å²) in [5, 5.41) is 10.7. The minimum Gasteiger partial charge on any atom is -0.309 e. The molecule has 0 amide bonds. The fourth-order valence-electron chi connectivity index (χ4n) is 13.3. The molecule has 0 fully saturated rings. The maximum absolute atomic E-state index is 3.04. The van der Waals surface area contributed by atoms with Crippen LogP contribution in [0.1, 0.15) is 45.2 Å². The van der Waals surface area contributed by atoms with Crippen LogP contribution in [-0.2, 0) is 0 Å². The molecule has 0 saturated heterocycles. The molecule has 332 valence electrons. The van der Waals surface area contributed by atoms with E-state index in [4.69, 9.17) is 0 Å². The third-order valence-electron chi connectivity index (χ3n) is 16.1. The molecule has 2 heterocycles. The van der Waals surface area contributed by atoms with E-state index in [1.54, 1.807) is 0 Å². The highest BCUT2D eigenvalue weighted by Gasteiger charge is 2.50. The van der Waals surface area contributed by atoms with Crippen LogP contribution >= 0.6 is 0 Å². The lowest BCUT2D eigenvalue weighted by atomic mass is 9.60. The van der Waals surface area contributed by atoms with Crippen LogP contribution in [0, 0.1) is 0 Å². The van der Waals surface area contributed by atoms with Gasteiger partial charge in [-0.2, -0.15) is 0 Å². The Morgan fingerprint density at radius 2 is 0.732 bits per heavy atom. The molecule has 71 heavy (non-hydrogen) atoms. The van der Waals surface area contributed by atoms with E-state index < -0.39 is 8.07 Å². The number of fused-ring (bicyclic) bond motifs is 6. The minimum absolute atomic E-state index is 0.00965. The van der Waals surface area contributed by atoms with Crippen LogP contribution in [0.5, 0.6) is 0 Å². The molecule has 2 aromatic heterocycles. The fourth-order valence-corrected chi connectivity index (χ4v) is 18.3. The zero-order chi connectivity index (χ0) is 46.6. The maximum Gasteiger partial charge on any atom is 0.179 e. The van der Waals surface area contributed by atoms with Crippen molar-refractivity contribution >= 4 is 72.4 Å². The Labute approximate surface area is 414 Å². The van der Waals surface area contributed by atoms with Gasteiger partial charge in [0.15, 0.2) is 8.07 Å². The summed E-state index contributed by atoms with van der Waals surface area (Å²) in [7, 11) is -3.04. The van der Waals surface area contributed by atoms with E-state index in [-0.39, 0.29) is 11.8 Å². The van der Waals surface area contributed by atoms with E-state index in [2.05, 4.69) is 276 Å². The monoisotopic (exact) mass is 918 g/mol. The second kappa shape index (κ2) is 15.6. The molecule has 0 saturated carbocycles. The summed E-state index contributed by atoms with van der Waals surface area (Å²) < 4.78 is 5.03. The van der Waals surface area contributed by atoms with Gasteiger partial charge in [0, 0.05) is 39.1 Å². The molecule has 0 aliphatic heterocycles. The number of hydrogen-bond donors (Lipinski definition) is 0. The first-order valence-electron chi connectivity index (χ1n) is 24.9. The Morgan fingerprint density at radius 3 is 1.37 bits per heavy atom. The van der Waals surface area contributed by atoms with Gasteiger partial charge in [0.25, 0.3) is 0 Å². The average Bonchev–Trinajstić information content (AvgIpc) is 3.96. The van der Waals surface area contributed by atoms with E-state index in [0.717, 1.165) is 0 Å². The number of nitrogens with zero attached hydrogens (tertiary/aromatic N) is 2. The molecule has 2 nitrogen and oxygen atoms in total. The van der Waals surface area contributed by atoms with Gasteiger partial charge in [0.05, 0.1) is 27.8 Å². The van der Waals surface area contributed by atoms with Crippen LogP contribution in [-0.4, -0.2) is 17.2 Å². The Kier molecular flexibility index (Phi) is 8.84. The third kappa shape index (κ3) is 5.70. The van der Waals surface area contributed by atoms with Crippen molar-refractivity contribution < 1.29 is 0 Å². The fraction of sp³-hybridized carbons (Fsp3) is 0.0294. The molecule has 2 unspecified atom stereocenters. The topological polar surface area (TPSA) is 9.86 Å². The van der Waals surface area contributed by atoms with Crippen molar-refractivity contribution in [1.82, 2.24) is 9.13 Å². The summed E-state index contributed by atoms with van der Waals surface area (Å²) in [6, 6.07) is 101. The second-order valence-electron chi connectivity index (χ2n) is 19.4. The van der Waals surface area contributed by atoms with E-state index in [9.17, 15) is 0 Å². The van der Waals surface area contributed by atoms with E-state index >= 15 is 0 Å². The number of para-hydroxylation sites is 3. The average molecular weight is 919 g/mol. The van der Waals surface area contributed by atoms with Crippen LogP contribution in [0.2, 0.25) is 0 Å². The van der Waals surface area contributed by atoms with Crippen LogP contribution < -0.4 is 20.7 Å². The van der Waals surface area contributed by atoms with Crippen molar-refractivity contribution in [3.63, 3.8) is 0 Å². The van der Waals surface area contributed by atoms with Gasteiger partial charge >= 0.3 is 0 Å². The van der Waals surface area contributed by atoms with Crippen molar-refractivity contribution in [1.29, 1.82) is 0 Å². The Balaban J connectivity index is 1.000. The van der Waals surface area contributed by atoms with Crippen LogP contribution in [0.3, 0.4) is 0 Å². The molecule has 0 radical (unpaired) electrons. The highest BCUT2D eigenvalue weighted by molar-refractivity contribution is 7.20. The van der Waals surface area contributed by atoms with Crippen molar-refractivity contribution in [3.05, 3.63) is 300 Å². The van der Waals surface area contributed by atoms with Gasteiger partial charge in [0.2, 0.25) is 0 Å². The lowest BCUT2D eigenvalue weighted by Gasteiger charge is -2.47. The minimum atomic E-state index is -3.04. The Morgan fingerprint density at radius 1 is 0.282 bits per heavy atom. The first kappa shape index (κ1) is 40.2. The molecule has 11 aromatic carbocycles. The van der Waals surface area contributed by atoms with Gasteiger partial charge in [-0.3, -0.25) is 0 Å². The number of rotatable bonds is 7. The first-order chi connectivity index (χ1) is 35.3. The van der Waals surface area contributed by atoms with Crippen LogP contribution in [0.25, 0.3) is 66.1 Å². The second-order valence-corrected chi connectivity index (χ2v) is 23.2. The van der Waals surface area contributed by atoms with E-state index in [1.165, 1.54) is 120 Å². The van der Waals surface area contributed by atoms with Gasteiger partial charge in [-0.05, 0) is 108 Å². The molecule has 13 aromatic rings. The SMILES string of the molecule is c1ccc(-c2ccc([Si](c3ccccc3)(c3ccccc3)c3cccc4c3C3c5ccccc5C4c4cccc(-n5c6ccccc6c6cc(-n7c8ccccc8c8ccccc87)ccc65)c43)cc2)cc1. The smallest absolute Gasteiger partial charge is 0.179 e. The molecule has 2 bridgehead atoms. The quantitative estimate of drug-likeness (QED) is 0.111. The molecule has 0 spiro atoms. The molecule has 2 atom stereocenters. The largest absolute Gasteiger partial charge is 0.309 e. The maximum atomic E-state index is 2.59. The molecule has 0 N–H and O–H groups in total. The van der Waals surface area contributed by atoms with Gasteiger partial charge < -0.3 is 9.13 Å². The first-order valence-corrected chi connectivity index (χ1v) is 26.9. The Bertz CT molecular complexity index is 4130. The Hall–Kier alpha value is -8.76. The molecule has 3 heteroatoms. The lowest BCUT2D eigenvalue weighted by Crippen LogP contribution is -2.75. The standard InChI is InChI=1S/C68H46N2Si/c1-4-20-45(21-5-1)46-38-41-50(42-39-46)71(48-22-6-2-7-23-48,49-24-8-3-9-25-49)64-37-19-32-57-65-54-29-10-11-30-55(54)68(67(57)64)66-56(65)31-18-36-63(66)70-61-35-17-14-28-53(61)58-44-47(40-43-62(58)70)69-59-33-15-12-26-51(59)52-27-13-16-34-60(52)69/h1-44,65,68H.